The van der Waals surface area contributed by atoms with Gasteiger partial charge in [0.15, 0.2) is 0 Å². The molecule has 1 aliphatic rings. The van der Waals surface area contributed by atoms with E-state index >= 15 is 0 Å². The first-order valence-corrected chi connectivity index (χ1v) is 6.73. The van der Waals surface area contributed by atoms with Gasteiger partial charge in [0.25, 0.3) is 0 Å². The summed E-state index contributed by atoms with van der Waals surface area (Å²) >= 11 is 0. The first-order valence-electron chi connectivity index (χ1n) is 6.73. The normalized spacial score (nSPS) is 27.0. The fraction of sp³-hybridized carbons (Fsp3) is 1.00. The van der Waals surface area contributed by atoms with Crippen LogP contribution in [0.2, 0.25) is 0 Å². The van der Waals surface area contributed by atoms with Crippen molar-refractivity contribution in [3.05, 3.63) is 0 Å². The van der Waals surface area contributed by atoms with Crippen LogP contribution in [0.4, 0.5) is 0 Å². The summed E-state index contributed by atoms with van der Waals surface area (Å²) in [5.74, 6) is 0. The van der Waals surface area contributed by atoms with Gasteiger partial charge in [-0.2, -0.15) is 0 Å². The van der Waals surface area contributed by atoms with Crippen LogP contribution in [0.15, 0.2) is 0 Å². The molecule has 0 bridgehead atoms. The van der Waals surface area contributed by atoms with E-state index in [1.807, 2.05) is 0 Å². The van der Waals surface area contributed by atoms with E-state index in [1.165, 1.54) is 32.1 Å². The smallest absolute Gasteiger partial charge is 0.0589 e. The largest absolute Gasteiger partial charge is 0.383 e. The first-order chi connectivity index (χ1) is 7.83. The van der Waals surface area contributed by atoms with E-state index in [9.17, 15) is 0 Å². The Bertz CT molecular complexity index is 175. The lowest BCUT2D eigenvalue weighted by Gasteiger charge is -2.35. The van der Waals surface area contributed by atoms with Gasteiger partial charge in [0.2, 0.25) is 0 Å². The molecule has 0 heterocycles. The molecule has 0 aromatic carbocycles. The lowest BCUT2D eigenvalue weighted by atomic mass is 10.0. The Kier molecular flexibility index (Phi) is 7.01. The van der Waals surface area contributed by atoms with E-state index in [0.717, 1.165) is 19.7 Å². The van der Waals surface area contributed by atoms with Crippen molar-refractivity contribution < 1.29 is 4.74 Å². The SMILES string of the molecule is CCN(CCOC)C1CCCCCC1NC. The van der Waals surface area contributed by atoms with Gasteiger partial charge in [0.1, 0.15) is 0 Å². The maximum Gasteiger partial charge on any atom is 0.0589 e. The third kappa shape index (κ3) is 4.04. The third-order valence-electron chi connectivity index (χ3n) is 3.81. The number of likely N-dealkylation sites (N-methyl/N-ethyl adjacent to an activating group) is 2. The molecule has 0 amide bonds. The average Bonchev–Trinajstić information content (AvgIpc) is 2.55. The molecular formula is C13H28N2O. The molecule has 1 fully saturated rings. The number of nitrogens with one attached hydrogen (secondary N) is 1. The fourth-order valence-electron chi connectivity index (χ4n) is 2.83. The predicted molar refractivity (Wildman–Crippen MR) is 68.8 cm³/mol. The maximum atomic E-state index is 5.20. The van der Waals surface area contributed by atoms with Crippen LogP contribution in [-0.4, -0.2) is 50.8 Å². The van der Waals surface area contributed by atoms with Crippen LogP contribution in [0.25, 0.3) is 0 Å². The molecule has 3 nitrogen and oxygen atoms in total. The Labute approximate surface area is 101 Å². The number of nitrogens with zero attached hydrogens (tertiary/aromatic N) is 1. The molecule has 1 aliphatic carbocycles. The molecule has 0 saturated heterocycles. The molecule has 0 aliphatic heterocycles. The van der Waals surface area contributed by atoms with Crippen LogP contribution >= 0.6 is 0 Å². The van der Waals surface area contributed by atoms with Crippen LogP contribution < -0.4 is 5.32 Å². The van der Waals surface area contributed by atoms with Crippen molar-refractivity contribution in [3.63, 3.8) is 0 Å². The van der Waals surface area contributed by atoms with Crippen molar-refractivity contribution in [3.8, 4) is 0 Å². The van der Waals surface area contributed by atoms with Crippen molar-refractivity contribution >= 4 is 0 Å². The first kappa shape index (κ1) is 13.9. The Morgan fingerprint density at radius 2 is 2.00 bits per heavy atom. The lowest BCUT2D eigenvalue weighted by molar-refractivity contribution is 0.104. The summed E-state index contributed by atoms with van der Waals surface area (Å²) in [5, 5.41) is 3.50. The number of hydrogen-bond donors (Lipinski definition) is 1. The van der Waals surface area contributed by atoms with Gasteiger partial charge in [-0.3, -0.25) is 4.90 Å². The quantitative estimate of drug-likeness (QED) is 0.703. The minimum absolute atomic E-state index is 0.666. The second-order valence-electron chi connectivity index (χ2n) is 4.72. The second kappa shape index (κ2) is 8.04. The van der Waals surface area contributed by atoms with Crippen molar-refractivity contribution in [2.75, 3.05) is 33.9 Å². The Morgan fingerprint density at radius 3 is 2.62 bits per heavy atom. The van der Waals surface area contributed by atoms with Gasteiger partial charge in [0.05, 0.1) is 6.61 Å². The van der Waals surface area contributed by atoms with Crippen molar-refractivity contribution in [1.29, 1.82) is 0 Å². The predicted octanol–water partition coefficient (Wildman–Crippen LogP) is 1.88. The molecule has 1 saturated carbocycles. The third-order valence-corrected chi connectivity index (χ3v) is 3.81. The van der Waals surface area contributed by atoms with E-state index in [4.69, 9.17) is 4.74 Å². The fourth-order valence-corrected chi connectivity index (χ4v) is 2.83. The van der Waals surface area contributed by atoms with E-state index in [-0.39, 0.29) is 0 Å². The van der Waals surface area contributed by atoms with Gasteiger partial charge in [-0.25, -0.2) is 0 Å². The highest BCUT2D eigenvalue weighted by Gasteiger charge is 2.26. The summed E-state index contributed by atoms with van der Waals surface area (Å²) in [6, 6.07) is 1.37. The molecule has 0 aromatic heterocycles. The monoisotopic (exact) mass is 228 g/mol. The van der Waals surface area contributed by atoms with Gasteiger partial charge in [-0.1, -0.05) is 26.2 Å². The van der Waals surface area contributed by atoms with Crippen molar-refractivity contribution in [2.45, 2.75) is 51.1 Å². The molecular weight excluding hydrogens is 200 g/mol. The van der Waals surface area contributed by atoms with Crippen molar-refractivity contribution in [1.82, 2.24) is 10.2 Å². The number of ether oxygens (including phenoxy) is 1. The van der Waals surface area contributed by atoms with Crippen LogP contribution in [0.1, 0.15) is 39.0 Å². The molecule has 2 unspecified atom stereocenters. The topological polar surface area (TPSA) is 24.5 Å². The highest BCUT2D eigenvalue weighted by molar-refractivity contribution is 4.85. The zero-order valence-corrected chi connectivity index (χ0v) is 11.2. The maximum absolute atomic E-state index is 5.20. The summed E-state index contributed by atoms with van der Waals surface area (Å²) in [6.45, 7) is 5.30. The Hall–Kier alpha value is -0.120. The standard InChI is InChI=1S/C13H28N2O/c1-4-15(10-11-16-3)13-9-7-5-6-8-12(13)14-2/h12-14H,4-11H2,1-3H3. The Balaban J connectivity index is 2.55. The zero-order valence-electron chi connectivity index (χ0n) is 11.2. The van der Waals surface area contributed by atoms with Gasteiger partial charge in [0, 0.05) is 25.7 Å². The van der Waals surface area contributed by atoms with Crippen LogP contribution in [0.5, 0.6) is 0 Å². The summed E-state index contributed by atoms with van der Waals surface area (Å²) in [4.78, 5) is 2.58. The summed E-state index contributed by atoms with van der Waals surface area (Å²) < 4.78 is 5.20. The molecule has 3 heteroatoms. The average molecular weight is 228 g/mol. The van der Waals surface area contributed by atoms with E-state index in [2.05, 4.69) is 24.2 Å². The zero-order chi connectivity index (χ0) is 11.8. The van der Waals surface area contributed by atoms with E-state index in [0.29, 0.717) is 12.1 Å². The molecule has 96 valence electrons. The number of hydrogen-bond acceptors (Lipinski definition) is 3. The second-order valence-corrected chi connectivity index (χ2v) is 4.72. The van der Waals surface area contributed by atoms with Gasteiger partial charge >= 0.3 is 0 Å². The highest BCUT2D eigenvalue weighted by atomic mass is 16.5. The van der Waals surface area contributed by atoms with Gasteiger partial charge in [-0.15, -0.1) is 0 Å². The summed E-state index contributed by atoms with van der Waals surface area (Å²) in [6.07, 6.45) is 6.82. The molecule has 1 rings (SSSR count). The molecule has 0 spiro atoms. The van der Waals surface area contributed by atoms with Crippen LogP contribution in [0, 0.1) is 0 Å². The summed E-state index contributed by atoms with van der Waals surface area (Å²) in [7, 11) is 3.89. The van der Waals surface area contributed by atoms with Crippen LogP contribution in [-0.2, 0) is 4.74 Å². The minimum atomic E-state index is 0.666. The molecule has 2 atom stereocenters. The minimum Gasteiger partial charge on any atom is -0.383 e. The lowest BCUT2D eigenvalue weighted by Crippen LogP contribution is -2.49. The highest BCUT2D eigenvalue weighted by Crippen LogP contribution is 2.22. The number of methoxy groups -OCH3 is 1. The number of rotatable bonds is 6. The van der Waals surface area contributed by atoms with Crippen LogP contribution in [0.3, 0.4) is 0 Å². The molecule has 0 radical (unpaired) electrons. The molecule has 1 N–H and O–H groups in total. The summed E-state index contributed by atoms with van der Waals surface area (Å²) in [5.41, 5.74) is 0. The van der Waals surface area contributed by atoms with Gasteiger partial charge in [-0.05, 0) is 26.4 Å². The van der Waals surface area contributed by atoms with E-state index in [1.54, 1.807) is 7.11 Å². The van der Waals surface area contributed by atoms with Crippen molar-refractivity contribution in [2.24, 2.45) is 0 Å². The van der Waals surface area contributed by atoms with E-state index < -0.39 is 0 Å². The van der Waals surface area contributed by atoms with Gasteiger partial charge < -0.3 is 10.1 Å². The Morgan fingerprint density at radius 1 is 1.25 bits per heavy atom. The molecule has 16 heavy (non-hydrogen) atoms. The molecule has 0 aromatic rings.